The van der Waals surface area contributed by atoms with Crippen molar-refractivity contribution in [3.63, 3.8) is 0 Å². The van der Waals surface area contributed by atoms with Gasteiger partial charge in [0, 0.05) is 17.8 Å². The second-order valence-corrected chi connectivity index (χ2v) is 7.83. The zero-order valence-electron chi connectivity index (χ0n) is 16.8. The Morgan fingerprint density at radius 3 is 2.84 bits per heavy atom. The smallest absolute Gasteiger partial charge is 0.410 e. The lowest BCUT2D eigenvalue weighted by molar-refractivity contribution is -0.116. The average Bonchev–Trinajstić information content (AvgIpc) is 3.08. The van der Waals surface area contributed by atoms with Gasteiger partial charge in [-0.3, -0.25) is 4.79 Å². The third kappa shape index (κ3) is 5.49. The van der Waals surface area contributed by atoms with Gasteiger partial charge < -0.3 is 19.7 Å². The van der Waals surface area contributed by atoms with E-state index in [2.05, 4.69) is 16.1 Å². The van der Waals surface area contributed by atoms with Crippen molar-refractivity contribution in [3.05, 3.63) is 45.8 Å². The van der Waals surface area contributed by atoms with Crippen LogP contribution in [0.15, 0.2) is 24.3 Å². The van der Waals surface area contributed by atoms with Gasteiger partial charge in [0.25, 0.3) is 0 Å². The van der Waals surface area contributed by atoms with Gasteiger partial charge in [-0.25, -0.2) is 4.79 Å². The molecule has 1 N–H and O–H groups in total. The van der Waals surface area contributed by atoms with Crippen molar-refractivity contribution in [3.8, 4) is 11.8 Å². The van der Waals surface area contributed by atoms with E-state index in [1.165, 1.54) is 17.4 Å². The Labute approximate surface area is 182 Å². The number of anilines is 1. The number of fused-ring (bicyclic) bond motifs is 1. The summed E-state index contributed by atoms with van der Waals surface area (Å²) >= 11 is 1.26. The van der Waals surface area contributed by atoms with Crippen molar-refractivity contribution in [2.75, 3.05) is 18.5 Å². The number of thiophene rings is 1. The highest BCUT2D eigenvalue weighted by molar-refractivity contribution is 7.16. The molecule has 2 amide bonds. The van der Waals surface area contributed by atoms with Crippen molar-refractivity contribution in [1.82, 2.24) is 4.90 Å². The van der Waals surface area contributed by atoms with Crippen molar-refractivity contribution < 1.29 is 27.8 Å². The van der Waals surface area contributed by atoms with Gasteiger partial charge in [-0.05, 0) is 37.0 Å². The van der Waals surface area contributed by atoms with Crippen LogP contribution in [-0.4, -0.2) is 36.7 Å². The molecule has 2 aromatic rings. The number of alkyl halides is 2. The third-order valence-electron chi connectivity index (χ3n) is 4.76. The molecule has 1 aliphatic heterocycles. The first-order valence-corrected chi connectivity index (χ1v) is 10.5. The number of benzene rings is 1. The minimum atomic E-state index is -2.94. The summed E-state index contributed by atoms with van der Waals surface area (Å²) in [5.41, 5.74) is 1.73. The molecular formula is C21H21F2N3O4S. The summed E-state index contributed by atoms with van der Waals surface area (Å²) in [6, 6.07) is 8.45. The zero-order chi connectivity index (χ0) is 22.4. The van der Waals surface area contributed by atoms with E-state index >= 15 is 0 Å². The molecule has 0 spiro atoms. The molecule has 31 heavy (non-hydrogen) atoms. The fraction of sp³-hybridized carbons (Fsp3) is 0.381. The number of carbonyl (C=O) groups excluding carboxylic acids is 2. The van der Waals surface area contributed by atoms with Gasteiger partial charge in [-0.1, -0.05) is 18.2 Å². The summed E-state index contributed by atoms with van der Waals surface area (Å²) in [6.45, 7) is -0.173. The predicted molar refractivity (Wildman–Crippen MR) is 110 cm³/mol. The normalized spacial score (nSPS) is 12.8. The van der Waals surface area contributed by atoms with E-state index in [1.807, 2.05) is 0 Å². The summed E-state index contributed by atoms with van der Waals surface area (Å²) < 4.78 is 34.6. The van der Waals surface area contributed by atoms with E-state index in [9.17, 15) is 23.6 Å². The third-order valence-corrected chi connectivity index (χ3v) is 5.89. The molecule has 0 bridgehead atoms. The van der Waals surface area contributed by atoms with Crippen LogP contribution in [-0.2, 0) is 28.9 Å². The first kappa shape index (κ1) is 22.5. The Balaban J connectivity index is 1.66. The molecule has 164 valence electrons. The molecule has 0 saturated heterocycles. The summed E-state index contributed by atoms with van der Waals surface area (Å²) in [5, 5.41) is 12.8. The van der Waals surface area contributed by atoms with Crippen LogP contribution in [0, 0.1) is 11.3 Å². The lowest BCUT2D eigenvalue weighted by Gasteiger charge is -2.25. The van der Waals surface area contributed by atoms with Gasteiger partial charge >= 0.3 is 12.7 Å². The van der Waals surface area contributed by atoms with Crippen LogP contribution in [0.2, 0.25) is 0 Å². The molecule has 1 aliphatic rings. The molecule has 2 heterocycles. The molecule has 0 unspecified atom stereocenters. The molecule has 0 fully saturated rings. The van der Waals surface area contributed by atoms with Crippen molar-refractivity contribution in [1.29, 1.82) is 5.26 Å². The van der Waals surface area contributed by atoms with Gasteiger partial charge in [0.1, 0.15) is 16.8 Å². The maximum Gasteiger partial charge on any atom is 0.410 e. The first-order chi connectivity index (χ1) is 14.9. The van der Waals surface area contributed by atoms with Gasteiger partial charge in [0.15, 0.2) is 0 Å². The van der Waals surface area contributed by atoms with E-state index in [-0.39, 0.29) is 31.1 Å². The molecule has 1 aromatic carbocycles. The minimum Gasteiger partial charge on any atom is -0.450 e. The summed E-state index contributed by atoms with van der Waals surface area (Å²) in [6.07, 6.45) is 0.335. The van der Waals surface area contributed by atoms with Crippen LogP contribution in [0.25, 0.3) is 0 Å². The van der Waals surface area contributed by atoms with E-state index in [4.69, 9.17) is 4.74 Å². The number of aryl methyl sites for hydroxylation is 1. The van der Waals surface area contributed by atoms with Crippen molar-refractivity contribution >= 4 is 28.3 Å². The van der Waals surface area contributed by atoms with Gasteiger partial charge in [-0.2, -0.15) is 14.0 Å². The number of para-hydroxylation sites is 1. The number of nitrogens with zero attached hydrogens (tertiary/aromatic N) is 2. The van der Waals surface area contributed by atoms with Crippen LogP contribution < -0.4 is 10.1 Å². The van der Waals surface area contributed by atoms with Crippen molar-refractivity contribution in [2.45, 2.75) is 39.3 Å². The standard InChI is InChI=1S/C21H21F2N3O4S/c1-2-29-21(28)26-10-9-14-15(11-24)19(31-17(14)12-26)25-18(27)8-7-13-5-3-4-6-16(13)30-20(22)23/h3-6,20H,2,7-10,12H2,1H3,(H,25,27). The van der Waals surface area contributed by atoms with Crippen LogP contribution in [0.3, 0.4) is 0 Å². The van der Waals surface area contributed by atoms with E-state index in [1.54, 1.807) is 30.0 Å². The average molecular weight is 449 g/mol. The minimum absolute atomic E-state index is 0.0337. The zero-order valence-corrected chi connectivity index (χ0v) is 17.6. The topological polar surface area (TPSA) is 91.7 Å². The second kappa shape index (κ2) is 10.2. The predicted octanol–water partition coefficient (Wildman–Crippen LogP) is 4.31. The highest BCUT2D eigenvalue weighted by Crippen LogP contribution is 2.37. The van der Waals surface area contributed by atoms with Crippen molar-refractivity contribution in [2.24, 2.45) is 0 Å². The fourth-order valence-electron chi connectivity index (χ4n) is 3.34. The number of carbonyl (C=O) groups is 2. The van der Waals surface area contributed by atoms with Crippen LogP contribution in [0.1, 0.15) is 34.9 Å². The molecular weight excluding hydrogens is 428 g/mol. The number of rotatable bonds is 7. The SMILES string of the molecule is CCOC(=O)N1CCc2c(sc(NC(=O)CCc3ccccc3OC(F)F)c2C#N)C1. The van der Waals surface area contributed by atoms with Gasteiger partial charge in [0.2, 0.25) is 5.91 Å². The fourth-order valence-corrected chi connectivity index (χ4v) is 4.57. The molecule has 1 aromatic heterocycles. The molecule has 0 aliphatic carbocycles. The van der Waals surface area contributed by atoms with E-state index in [0.717, 1.165) is 10.4 Å². The molecule has 7 nitrogen and oxygen atoms in total. The Morgan fingerprint density at radius 1 is 1.35 bits per heavy atom. The van der Waals surface area contributed by atoms with E-state index < -0.39 is 12.7 Å². The maximum absolute atomic E-state index is 12.5. The Morgan fingerprint density at radius 2 is 2.13 bits per heavy atom. The lowest BCUT2D eigenvalue weighted by atomic mass is 10.0. The largest absolute Gasteiger partial charge is 0.450 e. The number of nitrogens with one attached hydrogen (secondary N) is 1. The van der Waals surface area contributed by atoms with Gasteiger partial charge in [-0.15, -0.1) is 11.3 Å². The second-order valence-electron chi connectivity index (χ2n) is 6.72. The van der Waals surface area contributed by atoms with Crippen LogP contribution in [0.4, 0.5) is 18.6 Å². The summed E-state index contributed by atoms with van der Waals surface area (Å²) in [7, 11) is 0. The Bertz CT molecular complexity index is 1000. The monoisotopic (exact) mass is 449 g/mol. The molecule has 3 rings (SSSR count). The quantitative estimate of drug-likeness (QED) is 0.680. The Hall–Kier alpha value is -3.19. The van der Waals surface area contributed by atoms with Crippen LogP contribution in [0.5, 0.6) is 5.75 Å². The molecule has 0 saturated carbocycles. The van der Waals surface area contributed by atoms with Gasteiger partial charge in [0.05, 0.1) is 18.7 Å². The summed E-state index contributed by atoms with van der Waals surface area (Å²) in [4.78, 5) is 26.8. The Kier molecular flexibility index (Phi) is 7.41. The number of amides is 2. The lowest BCUT2D eigenvalue weighted by Crippen LogP contribution is -2.35. The number of ether oxygens (including phenoxy) is 2. The summed E-state index contributed by atoms with van der Waals surface area (Å²) in [5.74, 6) is -0.308. The number of hydrogen-bond donors (Lipinski definition) is 1. The maximum atomic E-state index is 12.5. The highest BCUT2D eigenvalue weighted by atomic mass is 32.1. The molecule has 0 atom stereocenters. The molecule has 10 heteroatoms. The number of hydrogen-bond acceptors (Lipinski definition) is 6. The molecule has 0 radical (unpaired) electrons. The van der Waals surface area contributed by atoms with E-state index in [0.29, 0.717) is 35.6 Å². The number of halogens is 2. The van der Waals surface area contributed by atoms with Crippen LogP contribution >= 0.6 is 11.3 Å². The number of nitriles is 1. The highest BCUT2D eigenvalue weighted by Gasteiger charge is 2.28. The first-order valence-electron chi connectivity index (χ1n) is 9.71.